The Bertz CT molecular complexity index is 1230. The van der Waals surface area contributed by atoms with Crippen molar-refractivity contribution >= 4 is 45.4 Å². The van der Waals surface area contributed by atoms with E-state index in [9.17, 15) is 4.79 Å². The van der Waals surface area contributed by atoms with Crippen LogP contribution in [0.1, 0.15) is 34.9 Å². The summed E-state index contributed by atoms with van der Waals surface area (Å²) in [5.74, 6) is 0.700. The lowest BCUT2D eigenvalue weighted by atomic mass is 10.00. The number of aliphatic imine (C=N–C) groups is 1. The van der Waals surface area contributed by atoms with Gasteiger partial charge in [0.15, 0.2) is 6.17 Å². The molecule has 190 valence electrons. The number of amidine groups is 1. The predicted octanol–water partition coefficient (Wildman–Crippen LogP) is 3.23. The zero-order valence-electron chi connectivity index (χ0n) is 20.9. The number of benzene rings is 1. The van der Waals surface area contributed by atoms with E-state index in [-0.39, 0.29) is 12.1 Å². The number of hydrogen-bond donors (Lipinski definition) is 3. The molecule has 1 unspecified atom stereocenters. The molecule has 36 heavy (non-hydrogen) atoms. The Labute approximate surface area is 221 Å². The van der Waals surface area contributed by atoms with Gasteiger partial charge in [-0.1, -0.05) is 23.7 Å². The Kier molecular flexibility index (Phi) is 7.43. The highest BCUT2D eigenvalue weighted by Crippen LogP contribution is 2.42. The second-order valence-corrected chi connectivity index (χ2v) is 10.9. The van der Waals surface area contributed by atoms with Crippen molar-refractivity contribution in [2.24, 2.45) is 10.1 Å². The number of hydrazone groups is 1. The molecule has 2 aromatic rings. The minimum Gasteiger partial charge on any atom is -0.352 e. The number of rotatable bonds is 6. The normalized spacial score (nSPS) is 20.8. The molecule has 1 amide bonds. The number of aryl methyl sites for hydroxylation is 1. The quantitative estimate of drug-likeness (QED) is 0.398. The van der Waals surface area contributed by atoms with Crippen LogP contribution in [0.5, 0.6) is 0 Å². The van der Waals surface area contributed by atoms with Crippen LogP contribution >= 0.6 is 22.9 Å². The van der Waals surface area contributed by atoms with E-state index in [1.165, 1.54) is 10.4 Å². The number of carbonyl (C=O) groups excluding carboxylic acids is 1. The van der Waals surface area contributed by atoms with Gasteiger partial charge < -0.3 is 15.5 Å². The van der Waals surface area contributed by atoms with Gasteiger partial charge in [-0.3, -0.25) is 15.1 Å². The fraction of sp³-hybridized carbons (Fsp3) is 0.423. The molecule has 5 rings (SSSR count). The van der Waals surface area contributed by atoms with Crippen molar-refractivity contribution in [3.8, 4) is 0 Å². The van der Waals surface area contributed by atoms with Crippen LogP contribution < -0.4 is 21.0 Å². The van der Waals surface area contributed by atoms with Gasteiger partial charge in [-0.25, -0.2) is 4.99 Å². The molecule has 1 aromatic carbocycles. The second-order valence-electron chi connectivity index (χ2n) is 9.30. The van der Waals surface area contributed by atoms with Crippen LogP contribution in [-0.2, 0) is 4.79 Å². The smallest absolute Gasteiger partial charge is 0.245 e. The summed E-state index contributed by atoms with van der Waals surface area (Å²) in [6.45, 7) is 12.0. The van der Waals surface area contributed by atoms with Crippen molar-refractivity contribution in [2.45, 2.75) is 33.4 Å². The Hall–Kier alpha value is -2.72. The largest absolute Gasteiger partial charge is 0.352 e. The number of amides is 1. The van der Waals surface area contributed by atoms with Gasteiger partial charge in [0.25, 0.3) is 0 Å². The van der Waals surface area contributed by atoms with E-state index >= 15 is 0 Å². The van der Waals surface area contributed by atoms with E-state index in [4.69, 9.17) is 16.6 Å². The number of carbonyl (C=O) groups is 1. The molecule has 0 radical (unpaired) electrons. The molecule has 0 bridgehead atoms. The summed E-state index contributed by atoms with van der Waals surface area (Å²) in [5, 5.41) is 12.7. The third-order valence-corrected chi connectivity index (χ3v) is 8.31. The van der Waals surface area contributed by atoms with Crippen LogP contribution in [0.3, 0.4) is 0 Å². The molecule has 1 aromatic heterocycles. The van der Waals surface area contributed by atoms with E-state index in [1.54, 1.807) is 17.4 Å². The van der Waals surface area contributed by atoms with Gasteiger partial charge in [0.05, 0.1) is 11.4 Å². The van der Waals surface area contributed by atoms with Gasteiger partial charge >= 0.3 is 0 Å². The van der Waals surface area contributed by atoms with E-state index in [0.29, 0.717) is 17.3 Å². The van der Waals surface area contributed by atoms with E-state index in [2.05, 4.69) is 44.8 Å². The van der Waals surface area contributed by atoms with E-state index < -0.39 is 0 Å². The molecule has 1 fully saturated rings. The Morgan fingerprint density at radius 2 is 1.97 bits per heavy atom. The molecular formula is C26H32ClN7OS. The zero-order valence-corrected chi connectivity index (χ0v) is 22.5. The lowest BCUT2D eigenvalue weighted by Gasteiger charge is -2.27. The number of nitrogens with one attached hydrogen (secondary N) is 3. The number of piperazine rings is 1. The van der Waals surface area contributed by atoms with E-state index in [0.717, 1.165) is 66.8 Å². The predicted molar refractivity (Wildman–Crippen MR) is 148 cm³/mol. The molecule has 3 aliphatic rings. The van der Waals surface area contributed by atoms with E-state index in [1.807, 2.05) is 31.2 Å². The summed E-state index contributed by atoms with van der Waals surface area (Å²) in [6.07, 6.45) is 2.18. The second kappa shape index (κ2) is 10.7. The molecule has 3 aliphatic heterocycles. The van der Waals surface area contributed by atoms with Gasteiger partial charge in [-0.05, 0) is 51.4 Å². The number of nitrogens with zero attached hydrogens (tertiary/aromatic N) is 4. The first kappa shape index (κ1) is 25.0. The molecule has 10 heteroatoms. The monoisotopic (exact) mass is 525 g/mol. The van der Waals surface area contributed by atoms with Crippen LogP contribution in [0.4, 0.5) is 5.00 Å². The summed E-state index contributed by atoms with van der Waals surface area (Å²) in [7, 11) is 0. The first-order valence-electron chi connectivity index (χ1n) is 12.4. The first-order valence-corrected chi connectivity index (χ1v) is 13.6. The molecule has 1 saturated heterocycles. The minimum atomic E-state index is -0.349. The number of thiophene rings is 1. The number of halogens is 1. The van der Waals surface area contributed by atoms with Crippen molar-refractivity contribution < 1.29 is 4.79 Å². The SMILES string of the molecule is CC1=NNC2/C(=C/C(=O)NCCCN3CCNCC3)N=C(c3ccc(Cl)cc3)c3c(sc(C)c3C)N12. The van der Waals surface area contributed by atoms with Crippen LogP contribution in [0.25, 0.3) is 0 Å². The highest BCUT2D eigenvalue weighted by atomic mass is 35.5. The maximum Gasteiger partial charge on any atom is 0.245 e. The average Bonchev–Trinajstić information content (AvgIpc) is 3.35. The Morgan fingerprint density at radius 1 is 1.22 bits per heavy atom. The third-order valence-electron chi connectivity index (χ3n) is 6.86. The molecule has 3 N–H and O–H groups in total. The number of hydrogen-bond acceptors (Lipinski definition) is 8. The topological polar surface area (TPSA) is 84.4 Å². The van der Waals surface area contributed by atoms with Gasteiger partial charge in [0.1, 0.15) is 10.8 Å². The average molecular weight is 526 g/mol. The van der Waals surface area contributed by atoms with Gasteiger partial charge in [-0.2, -0.15) is 5.10 Å². The number of anilines is 1. The summed E-state index contributed by atoms with van der Waals surface area (Å²) in [4.78, 5) is 23.9. The molecular weight excluding hydrogens is 494 g/mol. The van der Waals surface area contributed by atoms with Crippen LogP contribution in [0, 0.1) is 13.8 Å². The number of fused-ring (bicyclic) bond motifs is 3. The van der Waals surface area contributed by atoms with Crippen molar-refractivity contribution in [3.05, 3.63) is 62.6 Å². The molecule has 0 saturated carbocycles. The van der Waals surface area contributed by atoms with Crippen molar-refractivity contribution in [2.75, 3.05) is 44.2 Å². The molecule has 8 nitrogen and oxygen atoms in total. The van der Waals surface area contributed by atoms with Crippen LogP contribution in [-0.4, -0.2) is 67.8 Å². The Morgan fingerprint density at radius 3 is 2.72 bits per heavy atom. The first-order chi connectivity index (χ1) is 17.4. The summed E-state index contributed by atoms with van der Waals surface area (Å²) in [5.41, 5.74) is 7.87. The highest BCUT2D eigenvalue weighted by molar-refractivity contribution is 7.17. The van der Waals surface area contributed by atoms with Crippen molar-refractivity contribution in [1.82, 2.24) is 21.0 Å². The summed E-state index contributed by atoms with van der Waals surface area (Å²) in [6, 6.07) is 7.71. The fourth-order valence-corrected chi connectivity index (χ4v) is 6.14. The lowest BCUT2D eigenvalue weighted by Crippen LogP contribution is -2.44. The lowest BCUT2D eigenvalue weighted by molar-refractivity contribution is -0.116. The maximum atomic E-state index is 13.0. The van der Waals surface area contributed by atoms with Crippen molar-refractivity contribution in [3.63, 3.8) is 0 Å². The summed E-state index contributed by atoms with van der Waals surface area (Å²) >= 11 is 7.91. The summed E-state index contributed by atoms with van der Waals surface area (Å²) < 4.78 is 0. The molecule has 4 heterocycles. The maximum absolute atomic E-state index is 13.0. The minimum absolute atomic E-state index is 0.144. The molecule has 1 atom stereocenters. The van der Waals surface area contributed by atoms with Gasteiger partial charge in [0.2, 0.25) is 5.91 Å². The molecule has 0 spiro atoms. The zero-order chi connectivity index (χ0) is 25.2. The van der Waals surface area contributed by atoms with Crippen LogP contribution in [0.2, 0.25) is 5.02 Å². The third kappa shape index (κ3) is 5.06. The standard InChI is InChI=1S/C26H32ClN7OS/c1-16-17(2)36-26-23(16)24(19-5-7-20(27)8-6-19)30-21(25-32-31-18(3)34(25)26)15-22(35)29-9-4-12-33-13-10-28-11-14-33/h5-8,15,25,28,32H,4,9-14H2,1-3H3,(H,29,35)/b21-15-. The van der Waals surface area contributed by atoms with Crippen LogP contribution in [0.15, 0.2) is 46.1 Å². The molecule has 0 aliphatic carbocycles. The fourth-order valence-electron chi connectivity index (χ4n) is 4.78. The van der Waals surface area contributed by atoms with Gasteiger partial charge in [0, 0.05) is 59.8 Å². The highest BCUT2D eigenvalue weighted by Gasteiger charge is 2.37. The Balaban J connectivity index is 1.44. The van der Waals surface area contributed by atoms with Gasteiger partial charge in [-0.15, -0.1) is 11.3 Å². The van der Waals surface area contributed by atoms with Crippen molar-refractivity contribution in [1.29, 1.82) is 0 Å².